The number of nitrogens with one attached hydrogen (secondary N) is 4. The molecule has 0 aromatic heterocycles. The van der Waals surface area contributed by atoms with E-state index < -0.39 is 72.8 Å². The van der Waals surface area contributed by atoms with Crippen molar-refractivity contribution in [2.45, 2.75) is 18.9 Å². The Balaban J connectivity index is 0.00000936. The Morgan fingerprint density at radius 1 is 0.827 bits per heavy atom. The standard InChI is InChI=1S/C31H38N10O10.ClH/c1-50-30(48)40(28(32)33)20-9-5-18(6-10-20)25(45)36-13-3-4-22-27(47)38(17-24(43)44)14-15-39(22)23(42)16-37-26(46)19-7-11-21(12-8-19)41(29(34)35)31(49)51-2;/h5-12,22H,3-4,13-17H2,1-2H3,(H3,32,33)(H3,34,35)(H,36,45)(H,37,46)(H,43,44);1H/t22-;/m0./s1. The highest BCUT2D eigenvalue weighted by Crippen LogP contribution is 2.19. The van der Waals surface area contributed by atoms with Crippen molar-refractivity contribution in [2.24, 2.45) is 11.5 Å². The van der Waals surface area contributed by atoms with Gasteiger partial charge in [0, 0.05) is 30.8 Å². The van der Waals surface area contributed by atoms with Gasteiger partial charge < -0.3 is 46.5 Å². The number of hydrogen-bond acceptors (Lipinski definition) is 11. The molecule has 2 aromatic carbocycles. The summed E-state index contributed by atoms with van der Waals surface area (Å²) in [5, 5.41) is 29.6. The minimum absolute atomic E-state index is 0. The lowest BCUT2D eigenvalue weighted by atomic mass is 10.0. The summed E-state index contributed by atoms with van der Waals surface area (Å²) in [5.41, 5.74) is 11.6. The van der Waals surface area contributed by atoms with Crippen molar-refractivity contribution in [1.29, 1.82) is 10.8 Å². The number of amides is 6. The third-order valence-electron chi connectivity index (χ3n) is 7.54. The number of hydrogen-bond donors (Lipinski definition) is 7. The third-order valence-corrected chi connectivity index (χ3v) is 7.54. The molecule has 1 saturated heterocycles. The number of carbonyl (C=O) groups is 7. The van der Waals surface area contributed by atoms with Crippen LogP contribution in [0.3, 0.4) is 0 Å². The van der Waals surface area contributed by atoms with Crippen molar-refractivity contribution in [1.82, 2.24) is 20.4 Å². The minimum Gasteiger partial charge on any atom is -0.480 e. The number of benzene rings is 2. The van der Waals surface area contributed by atoms with Crippen LogP contribution in [0.15, 0.2) is 48.5 Å². The van der Waals surface area contributed by atoms with Crippen LogP contribution in [-0.4, -0.2) is 122 Å². The molecule has 0 spiro atoms. The normalized spacial score (nSPS) is 13.5. The van der Waals surface area contributed by atoms with E-state index in [1.165, 1.54) is 53.4 Å². The molecule has 9 N–H and O–H groups in total. The van der Waals surface area contributed by atoms with Crippen molar-refractivity contribution in [2.75, 3.05) is 56.7 Å². The van der Waals surface area contributed by atoms with Crippen LogP contribution in [0.1, 0.15) is 33.6 Å². The first-order valence-corrected chi connectivity index (χ1v) is 15.2. The van der Waals surface area contributed by atoms with Gasteiger partial charge in [0.15, 0.2) is 0 Å². The Labute approximate surface area is 303 Å². The number of methoxy groups -OCH3 is 2. The molecule has 52 heavy (non-hydrogen) atoms. The van der Waals surface area contributed by atoms with Crippen molar-refractivity contribution in [3.05, 3.63) is 59.7 Å². The lowest BCUT2D eigenvalue weighted by molar-refractivity contribution is -0.155. The van der Waals surface area contributed by atoms with Gasteiger partial charge in [0.05, 0.1) is 32.1 Å². The highest BCUT2D eigenvalue weighted by molar-refractivity contribution is 6.13. The van der Waals surface area contributed by atoms with Gasteiger partial charge in [-0.1, -0.05) is 0 Å². The monoisotopic (exact) mass is 746 g/mol. The Morgan fingerprint density at radius 2 is 1.29 bits per heavy atom. The van der Waals surface area contributed by atoms with Gasteiger partial charge in [0.1, 0.15) is 12.6 Å². The highest BCUT2D eigenvalue weighted by atomic mass is 35.5. The molecule has 6 amide bonds. The molecule has 2 aromatic rings. The second-order valence-corrected chi connectivity index (χ2v) is 10.8. The van der Waals surface area contributed by atoms with Gasteiger partial charge in [-0.05, 0) is 61.4 Å². The fraction of sp³-hybridized carbons (Fsp3) is 0.323. The topological polar surface area (TPSA) is 295 Å². The summed E-state index contributed by atoms with van der Waals surface area (Å²) >= 11 is 0. The summed E-state index contributed by atoms with van der Waals surface area (Å²) in [6.07, 6.45) is -1.52. The number of carboxylic acid groups (broad SMARTS) is 1. The number of ether oxygens (including phenoxy) is 2. The second kappa shape index (κ2) is 19.1. The van der Waals surface area contributed by atoms with Crippen LogP contribution in [0.25, 0.3) is 0 Å². The molecule has 20 nitrogen and oxygen atoms in total. The van der Waals surface area contributed by atoms with Gasteiger partial charge in [0.2, 0.25) is 23.7 Å². The predicted molar refractivity (Wildman–Crippen MR) is 187 cm³/mol. The van der Waals surface area contributed by atoms with Crippen LogP contribution in [0.2, 0.25) is 0 Å². The van der Waals surface area contributed by atoms with Crippen molar-refractivity contribution in [3.63, 3.8) is 0 Å². The molecule has 0 unspecified atom stereocenters. The SMILES string of the molecule is COC(=O)N(C(=N)N)c1ccc(C(=O)NCCC[C@H]2C(=O)N(CC(=O)O)CCN2C(=O)CNC(=O)c2ccc(N(C(=N)N)C(=O)OC)cc2)cc1.Cl. The van der Waals surface area contributed by atoms with Crippen LogP contribution in [0, 0.1) is 10.8 Å². The largest absolute Gasteiger partial charge is 0.480 e. The molecule has 0 aliphatic carbocycles. The number of anilines is 2. The number of nitrogens with zero attached hydrogens (tertiary/aromatic N) is 4. The molecule has 280 valence electrons. The van der Waals surface area contributed by atoms with Crippen LogP contribution in [-0.2, 0) is 23.9 Å². The molecule has 1 heterocycles. The first-order chi connectivity index (χ1) is 24.2. The number of halogens is 1. The van der Waals surface area contributed by atoms with E-state index in [1.54, 1.807) is 0 Å². The number of carboxylic acids is 1. The average molecular weight is 747 g/mol. The summed E-state index contributed by atoms with van der Waals surface area (Å²) in [5.74, 6) is -4.75. The fourth-order valence-electron chi connectivity index (χ4n) is 5.09. The third kappa shape index (κ3) is 10.5. The van der Waals surface area contributed by atoms with Crippen LogP contribution >= 0.6 is 12.4 Å². The van der Waals surface area contributed by atoms with Gasteiger partial charge in [-0.25, -0.2) is 19.4 Å². The first kappa shape index (κ1) is 41.7. The molecule has 0 bridgehead atoms. The predicted octanol–water partition coefficient (Wildman–Crippen LogP) is 0.105. The molecule has 1 atom stereocenters. The maximum absolute atomic E-state index is 13.3. The Bertz CT molecular complexity index is 1690. The van der Waals surface area contributed by atoms with E-state index in [0.717, 1.165) is 28.9 Å². The number of aliphatic carboxylic acids is 1. The summed E-state index contributed by atoms with van der Waals surface area (Å²) in [6, 6.07) is 9.94. The molecule has 0 saturated carbocycles. The van der Waals surface area contributed by atoms with Gasteiger partial charge >= 0.3 is 18.2 Å². The van der Waals surface area contributed by atoms with E-state index in [2.05, 4.69) is 20.1 Å². The summed E-state index contributed by atoms with van der Waals surface area (Å²) < 4.78 is 9.21. The zero-order chi connectivity index (χ0) is 37.8. The molecule has 1 fully saturated rings. The first-order valence-electron chi connectivity index (χ1n) is 15.2. The second-order valence-electron chi connectivity index (χ2n) is 10.8. The number of rotatable bonds is 12. The molecular formula is C31H39ClN10O10. The van der Waals surface area contributed by atoms with Crippen LogP contribution in [0.4, 0.5) is 21.0 Å². The van der Waals surface area contributed by atoms with E-state index >= 15 is 0 Å². The van der Waals surface area contributed by atoms with E-state index in [-0.39, 0.29) is 67.4 Å². The zero-order valence-electron chi connectivity index (χ0n) is 28.1. The van der Waals surface area contributed by atoms with Crippen molar-refractivity contribution < 1.29 is 48.1 Å². The molecule has 21 heteroatoms. The number of nitrogens with two attached hydrogens (primary N) is 2. The lowest BCUT2D eigenvalue weighted by Gasteiger charge is -2.40. The summed E-state index contributed by atoms with van der Waals surface area (Å²) in [7, 11) is 2.24. The van der Waals surface area contributed by atoms with E-state index in [4.69, 9.17) is 22.3 Å². The van der Waals surface area contributed by atoms with E-state index in [0.29, 0.717) is 0 Å². The fourth-order valence-corrected chi connectivity index (χ4v) is 5.09. The van der Waals surface area contributed by atoms with Gasteiger partial charge in [-0.3, -0.25) is 34.8 Å². The molecule has 3 rings (SSSR count). The Kier molecular flexibility index (Phi) is 15.3. The smallest absolute Gasteiger partial charge is 0.421 e. The van der Waals surface area contributed by atoms with E-state index in [1.807, 2.05) is 0 Å². The number of guanidine groups is 2. The maximum Gasteiger partial charge on any atom is 0.421 e. The molecule has 1 aliphatic rings. The number of piperazine rings is 1. The molecule has 1 aliphatic heterocycles. The summed E-state index contributed by atoms with van der Waals surface area (Å²) in [6.45, 7) is -1.01. The number of carbonyl (C=O) groups excluding carboxylic acids is 6. The quantitative estimate of drug-likeness (QED) is 0.0865. The Hall–Kier alpha value is -6.44. The van der Waals surface area contributed by atoms with Gasteiger partial charge in [-0.2, -0.15) is 0 Å². The lowest BCUT2D eigenvalue weighted by Crippen LogP contribution is -2.60. The van der Waals surface area contributed by atoms with Crippen molar-refractivity contribution >= 4 is 77.5 Å². The zero-order valence-corrected chi connectivity index (χ0v) is 28.9. The van der Waals surface area contributed by atoms with E-state index in [9.17, 15) is 38.7 Å². The minimum atomic E-state index is -1.23. The molecular weight excluding hydrogens is 708 g/mol. The average Bonchev–Trinajstić information content (AvgIpc) is 3.10. The molecule has 0 radical (unpaired) electrons. The van der Waals surface area contributed by atoms with Crippen LogP contribution in [0.5, 0.6) is 0 Å². The van der Waals surface area contributed by atoms with Gasteiger partial charge in [0.25, 0.3) is 11.8 Å². The van der Waals surface area contributed by atoms with Gasteiger partial charge in [-0.15, -0.1) is 12.4 Å². The van der Waals surface area contributed by atoms with Crippen LogP contribution < -0.4 is 31.9 Å². The Morgan fingerprint density at radius 3 is 1.71 bits per heavy atom. The van der Waals surface area contributed by atoms with Crippen molar-refractivity contribution in [3.8, 4) is 0 Å². The maximum atomic E-state index is 13.3. The highest BCUT2D eigenvalue weighted by Gasteiger charge is 2.37. The summed E-state index contributed by atoms with van der Waals surface area (Å²) in [4.78, 5) is 91.2.